The van der Waals surface area contributed by atoms with Gasteiger partial charge in [-0.05, 0) is 12.1 Å². The summed E-state index contributed by atoms with van der Waals surface area (Å²) in [5, 5.41) is 28.0. The van der Waals surface area contributed by atoms with Crippen molar-refractivity contribution in [3.8, 4) is 5.75 Å². The standard InChI is InChI=1S/C9H7NO5/c11-8-3-2-7(10(14)15)5-6(8)1-4-9(12)13/h1-5,11H,(H,12,13). The molecule has 0 bridgehead atoms. The number of nitro groups is 1. The Morgan fingerprint density at radius 1 is 1.47 bits per heavy atom. The van der Waals surface area contributed by atoms with Crippen LogP contribution in [0.2, 0.25) is 0 Å². The predicted octanol–water partition coefficient (Wildman–Crippen LogP) is 1.40. The van der Waals surface area contributed by atoms with Crippen molar-refractivity contribution in [2.45, 2.75) is 0 Å². The summed E-state index contributed by atoms with van der Waals surface area (Å²) in [6.45, 7) is 0. The average Bonchev–Trinajstić information content (AvgIpc) is 2.16. The summed E-state index contributed by atoms with van der Waals surface area (Å²) in [5.74, 6) is -1.40. The number of hydrogen-bond donors (Lipinski definition) is 2. The van der Waals surface area contributed by atoms with Crippen LogP contribution in [0.15, 0.2) is 24.3 Å². The summed E-state index contributed by atoms with van der Waals surface area (Å²) in [5.41, 5.74) is -0.121. The van der Waals surface area contributed by atoms with Crippen molar-refractivity contribution in [1.29, 1.82) is 0 Å². The predicted molar refractivity (Wildman–Crippen MR) is 51.4 cm³/mol. The lowest BCUT2D eigenvalue weighted by molar-refractivity contribution is -0.384. The molecule has 0 aliphatic carbocycles. The molecule has 0 aliphatic heterocycles. The van der Waals surface area contributed by atoms with Gasteiger partial charge in [0.2, 0.25) is 0 Å². The molecular formula is C9H7NO5. The van der Waals surface area contributed by atoms with E-state index >= 15 is 0 Å². The van der Waals surface area contributed by atoms with Gasteiger partial charge in [-0.3, -0.25) is 10.1 Å². The Bertz CT molecular complexity index is 438. The maximum absolute atomic E-state index is 10.4. The van der Waals surface area contributed by atoms with E-state index in [0.29, 0.717) is 0 Å². The van der Waals surface area contributed by atoms with Gasteiger partial charge in [0.15, 0.2) is 0 Å². The van der Waals surface area contributed by atoms with Crippen molar-refractivity contribution < 1.29 is 19.9 Å². The molecule has 0 amide bonds. The number of aromatic hydroxyl groups is 1. The number of nitrogens with zero attached hydrogens (tertiary/aromatic N) is 1. The Kier molecular flexibility index (Phi) is 3.02. The van der Waals surface area contributed by atoms with Crippen molar-refractivity contribution in [2.24, 2.45) is 0 Å². The highest BCUT2D eigenvalue weighted by atomic mass is 16.6. The van der Waals surface area contributed by atoms with Crippen LogP contribution in [0, 0.1) is 10.1 Å². The molecule has 6 heteroatoms. The molecule has 0 aliphatic rings. The number of benzene rings is 1. The van der Waals surface area contributed by atoms with Gasteiger partial charge in [-0.25, -0.2) is 4.79 Å². The zero-order valence-corrected chi connectivity index (χ0v) is 7.45. The van der Waals surface area contributed by atoms with Crippen molar-refractivity contribution in [2.75, 3.05) is 0 Å². The van der Waals surface area contributed by atoms with Gasteiger partial charge in [-0.1, -0.05) is 0 Å². The topological polar surface area (TPSA) is 101 Å². The molecule has 0 unspecified atom stereocenters. The molecule has 1 aromatic rings. The Hall–Kier alpha value is -2.37. The molecular weight excluding hydrogens is 202 g/mol. The first-order valence-corrected chi connectivity index (χ1v) is 3.89. The molecule has 2 N–H and O–H groups in total. The molecule has 0 fully saturated rings. The van der Waals surface area contributed by atoms with Gasteiger partial charge in [-0.15, -0.1) is 0 Å². The Labute approximate surface area is 84.2 Å². The van der Waals surface area contributed by atoms with Crippen LogP contribution < -0.4 is 0 Å². The summed E-state index contributed by atoms with van der Waals surface area (Å²) < 4.78 is 0. The lowest BCUT2D eigenvalue weighted by Crippen LogP contribution is -1.89. The molecule has 15 heavy (non-hydrogen) atoms. The Balaban J connectivity index is 3.11. The Morgan fingerprint density at radius 3 is 2.67 bits per heavy atom. The van der Waals surface area contributed by atoms with E-state index < -0.39 is 10.9 Å². The second-order valence-electron chi connectivity index (χ2n) is 2.67. The quantitative estimate of drug-likeness (QED) is 0.445. The van der Waals surface area contributed by atoms with Crippen LogP contribution in [0.25, 0.3) is 6.08 Å². The van der Waals surface area contributed by atoms with Crippen molar-refractivity contribution >= 4 is 17.7 Å². The lowest BCUT2D eigenvalue weighted by Gasteiger charge is -1.97. The number of rotatable bonds is 3. The normalized spacial score (nSPS) is 10.4. The van der Waals surface area contributed by atoms with Crippen LogP contribution in [0.1, 0.15) is 5.56 Å². The first-order chi connectivity index (χ1) is 7.00. The number of hydrogen-bond acceptors (Lipinski definition) is 4. The third-order valence-corrected chi connectivity index (χ3v) is 1.63. The van der Waals surface area contributed by atoms with E-state index in [9.17, 15) is 20.0 Å². The van der Waals surface area contributed by atoms with Crippen LogP contribution in [0.3, 0.4) is 0 Å². The van der Waals surface area contributed by atoms with Gasteiger partial charge >= 0.3 is 5.97 Å². The summed E-state index contributed by atoms with van der Waals surface area (Å²) in [4.78, 5) is 20.0. The number of phenolic OH excluding ortho intramolecular Hbond substituents is 1. The number of nitro benzene ring substituents is 1. The summed E-state index contributed by atoms with van der Waals surface area (Å²) >= 11 is 0. The minimum absolute atomic E-state index is 0.0894. The van der Waals surface area contributed by atoms with E-state index in [1.165, 1.54) is 0 Å². The number of carboxylic acid groups (broad SMARTS) is 1. The molecule has 0 spiro atoms. The van der Waals surface area contributed by atoms with E-state index in [0.717, 1.165) is 30.4 Å². The van der Waals surface area contributed by atoms with E-state index in [-0.39, 0.29) is 17.0 Å². The molecule has 1 aromatic carbocycles. The first-order valence-electron chi connectivity index (χ1n) is 3.89. The third-order valence-electron chi connectivity index (χ3n) is 1.63. The zero-order valence-electron chi connectivity index (χ0n) is 7.45. The average molecular weight is 209 g/mol. The molecule has 0 radical (unpaired) electrons. The van der Waals surface area contributed by atoms with Crippen molar-refractivity contribution in [3.63, 3.8) is 0 Å². The summed E-state index contributed by atoms with van der Waals surface area (Å²) in [7, 11) is 0. The molecule has 0 heterocycles. The van der Waals surface area contributed by atoms with Gasteiger partial charge < -0.3 is 10.2 Å². The monoisotopic (exact) mass is 209 g/mol. The van der Waals surface area contributed by atoms with E-state index in [2.05, 4.69) is 0 Å². The van der Waals surface area contributed by atoms with E-state index in [4.69, 9.17) is 5.11 Å². The van der Waals surface area contributed by atoms with Crippen molar-refractivity contribution in [1.82, 2.24) is 0 Å². The second kappa shape index (κ2) is 4.23. The second-order valence-corrected chi connectivity index (χ2v) is 2.67. The number of non-ortho nitro benzene ring substituents is 1. The van der Waals surface area contributed by atoms with Crippen LogP contribution >= 0.6 is 0 Å². The molecule has 78 valence electrons. The van der Waals surface area contributed by atoms with Crippen LogP contribution in [-0.2, 0) is 4.79 Å². The SMILES string of the molecule is O=C(O)C=Cc1cc([N+](=O)[O-])ccc1O. The van der Waals surface area contributed by atoms with Crippen LogP contribution in [0.5, 0.6) is 5.75 Å². The molecule has 0 saturated heterocycles. The molecule has 0 saturated carbocycles. The van der Waals surface area contributed by atoms with Gasteiger partial charge in [0.1, 0.15) is 5.75 Å². The van der Waals surface area contributed by atoms with Gasteiger partial charge in [0, 0.05) is 23.8 Å². The number of phenols is 1. The van der Waals surface area contributed by atoms with Gasteiger partial charge in [0.05, 0.1) is 4.92 Å². The molecule has 1 rings (SSSR count). The molecule has 0 aromatic heterocycles. The number of aliphatic carboxylic acids is 1. The zero-order chi connectivity index (χ0) is 11.4. The Morgan fingerprint density at radius 2 is 2.13 bits per heavy atom. The lowest BCUT2D eigenvalue weighted by atomic mass is 10.1. The van der Waals surface area contributed by atoms with Gasteiger partial charge in [0.25, 0.3) is 5.69 Å². The summed E-state index contributed by atoms with van der Waals surface area (Å²) in [6.07, 6.45) is 1.88. The highest BCUT2D eigenvalue weighted by Gasteiger charge is 2.08. The number of carbonyl (C=O) groups is 1. The minimum Gasteiger partial charge on any atom is -0.507 e. The number of carboxylic acids is 1. The molecule has 6 nitrogen and oxygen atoms in total. The van der Waals surface area contributed by atoms with E-state index in [1.807, 2.05) is 0 Å². The fourth-order valence-electron chi connectivity index (χ4n) is 0.950. The van der Waals surface area contributed by atoms with Crippen molar-refractivity contribution in [3.05, 3.63) is 40.0 Å². The third kappa shape index (κ3) is 2.80. The fraction of sp³-hybridized carbons (Fsp3) is 0. The maximum Gasteiger partial charge on any atom is 0.328 e. The maximum atomic E-state index is 10.4. The summed E-state index contributed by atoms with van der Waals surface area (Å²) in [6, 6.07) is 3.36. The first kappa shape index (κ1) is 10.7. The fourth-order valence-corrected chi connectivity index (χ4v) is 0.950. The van der Waals surface area contributed by atoms with Crippen LogP contribution in [0.4, 0.5) is 5.69 Å². The van der Waals surface area contributed by atoms with E-state index in [1.54, 1.807) is 0 Å². The highest BCUT2D eigenvalue weighted by Crippen LogP contribution is 2.23. The van der Waals surface area contributed by atoms with Crippen LogP contribution in [-0.4, -0.2) is 21.1 Å². The minimum atomic E-state index is -1.19. The molecule has 0 atom stereocenters. The smallest absolute Gasteiger partial charge is 0.328 e. The van der Waals surface area contributed by atoms with Gasteiger partial charge in [-0.2, -0.15) is 0 Å². The highest BCUT2D eigenvalue weighted by molar-refractivity contribution is 5.86. The largest absolute Gasteiger partial charge is 0.507 e.